The zero-order valence-electron chi connectivity index (χ0n) is 8.63. The third-order valence-electron chi connectivity index (χ3n) is 2.13. The fraction of sp³-hybridized carbons (Fsp3) is 0.500. The first kappa shape index (κ1) is 10.9. The van der Waals surface area contributed by atoms with Crippen molar-refractivity contribution in [2.24, 2.45) is 5.73 Å². The maximum absolute atomic E-state index is 11.4. The molecule has 1 atom stereocenters. The van der Waals surface area contributed by atoms with Crippen LogP contribution in [0.3, 0.4) is 0 Å². The summed E-state index contributed by atoms with van der Waals surface area (Å²) >= 11 is 0. The maximum atomic E-state index is 11.4. The molecule has 0 radical (unpaired) electrons. The predicted octanol–water partition coefficient (Wildman–Crippen LogP) is 0.120. The molecule has 4 nitrogen and oxygen atoms in total. The van der Waals surface area contributed by atoms with E-state index in [4.69, 9.17) is 5.73 Å². The SMILES string of the molecule is Cc1cc(=O)c(CN[C@@H](C)CN)c[nH]1. The summed E-state index contributed by atoms with van der Waals surface area (Å²) in [5, 5.41) is 3.16. The summed E-state index contributed by atoms with van der Waals surface area (Å²) in [5.41, 5.74) is 7.14. The highest BCUT2D eigenvalue weighted by Crippen LogP contribution is 1.92. The van der Waals surface area contributed by atoms with Gasteiger partial charge in [-0.05, 0) is 13.8 Å². The van der Waals surface area contributed by atoms with Crippen molar-refractivity contribution in [2.75, 3.05) is 6.54 Å². The molecule has 0 aliphatic heterocycles. The molecular formula is C10H17N3O. The molecule has 0 amide bonds. The highest BCUT2D eigenvalue weighted by molar-refractivity contribution is 5.13. The Morgan fingerprint density at radius 2 is 2.36 bits per heavy atom. The fourth-order valence-electron chi connectivity index (χ4n) is 1.11. The van der Waals surface area contributed by atoms with E-state index in [0.29, 0.717) is 13.1 Å². The maximum Gasteiger partial charge on any atom is 0.186 e. The summed E-state index contributed by atoms with van der Waals surface area (Å²) in [5.74, 6) is 0. The first-order valence-corrected chi connectivity index (χ1v) is 4.75. The van der Waals surface area contributed by atoms with Crippen molar-refractivity contribution >= 4 is 0 Å². The molecule has 1 aromatic heterocycles. The van der Waals surface area contributed by atoms with Gasteiger partial charge in [-0.15, -0.1) is 0 Å². The van der Waals surface area contributed by atoms with Crippen LogP contribution in [0.25, 0.3) is 0 Å². The number of nitrogens with one attached hydrogen (secondary N) is 2. The molecule has 1 rings (SSSR count). The predicted molar refractivity (Wildman–Crippen MR) is 57.2 cm³/mol. The van der Waals surface area contributed by atoms with Crippen LogP contribution in [0.1, 0.15) is 18.2 Å². The molecule has 0 aromatic carbocycles. The molecule has 0 unspecified atom stereocenters. The summed E-state index contributed by atoms with van der Waals surface area (Å²) in [7, 11) is 0. The van der Waals surface area contributed by atoms with Gasteiger partial charge in [0.25, 0.3) is 0 Å². The summed E-state index contributed by atoms with van der Waals surface area (Å²) in [6.45, 7) is 4.99. The molecule has 4 N–H and O–H groups in total. The number of pyridine rings is 1. The van der Waals surface area contributed by atoms with E-state index in [0.717, 1.165) is 11.3 Å². The first-order chi connectivity index (χ1) is 6.63. The monoisotopic (exact) mass is 195 g/mol. The number of H-pyrrole nitrogens is 1. The molecule has 0 fully saturated rings. The van der Waals surface area contributed by atoms with E-state index in [9.17, 15) is 4.79 Å². The molecule has 0 aliphatic rings. The lowest BCUT2D eigenvalue weighted by Gasteiger charge is -2.10. The molecular weight excluding hydrogens is 178 g/mol. The van der Waals surface area contributed by atoms with E-state index >= 15 is 0 Å². The summed E-state index contributed by atoms with van der Waals surface area (Å²) in [4.78, 5) is 14.5. The van der Waals surface area contributed by atoms with Crippen LogP contribution in [0.15, 0.2) is 17.1 Å². The van der Waals surface area contributed by atoms with E-state index < -0.39 is 0 Å². The molecule has 78 valence electrons. The highest BCUT2D eigenvalue weighted by atomic mass is 16.1. The molecule has 0 spiro atoms. The lowest BCUT2D eigenvalue weighted by molar-refractivity contribution is 0.554. The minimum absolute atomic E-state index is 0.0676. The topological polar surface area (TPSA) is 70.9 Å². The molecule has 14 heavy (non-hydrogen) atoms. The Hall–Kier alpha value is -1.13. The van der Waals surface area contributed by atoms with Crippen LogP contribution in [0.5, 0.6) is 0 Å². The van der Waals surface area contributed by atoms with Crippen LogP contribution in [0.2, 0.25) is 0 Å². The van der Waals surface area contributed by atoms with Crippen LogP contribution >= 0.6 is 0 Å². The highest BCUT2D eigenvalue weighted by Gasteiger charge is 2.01. The quantitative estimate of drug-likeness (QED) is 0.639. The third-order valence-corrected chi connectivity index (χ3v) is 2.13. The smallest absolute Gasteiger partial charge is 0.186 e. The average molecular weight is 195 g/mol. The second-order valence-corrected chi connectivity index (χ2v) is 3.52. The van der Waals surface area contributed by atoms with Crippen molar-refractivity contribution in [3.05, 3.63) is 33.7 Å². The Morgan fingerprint density at radius 3 is 2.93 bits per heavy atom. The van der Waals surface area contributed by atoms with Crippen LogP contribution < -0.4 is 16.5 Å². The Kier molecular flexibility index (Phi) is 3.85. The first-order valence-electron chi connectivity index (χ1n) is 4.75. The van der Waals surface area contributed by atoms with Gasteiger partial charge in [0.05, 0.1) is 0 Å². The summed E-state index contributed by atoms with van der Waals surface area (Å²) < 4.78 is 0. The van der Waals surface area contributed by atoms with Crippen LogP contribution in [0.4, 0.5) is 0 Å². The van der Waals surface area contributed by atoms with Gasteiger partial charge in [-0.1, -0.05) is 0 Å². The molecule has 0 saturated heterocycles. The summed E-state index contributed by atoms with van der Waals surface area (Å²) in [6.07, 6.45) is 1.74. The average Bonchev–Trinajstić information content (AvgIpc) is 2.16. The van der Waals surface area contributed by atoms with Gasteiger partial charge in [0.15, 0.2) is 5.43 Å². The number of nitrogens with two attached hydrogens (primary N) is 1. The fourth-order valence-corrected chi connectivity index (χ4v) is 1.11. The van der Waals surface area contributed by atoms with E-state index in [2.05, 4.69) is 10.3 Å². The van der Waals surface area contributed by atoms with Crippen molar-refractivity contribution < 1.29 is 0 Å². The molecule has 4 heteroatoms. The number of rotatable bonds is 4. The van der Waals surface area contributed by atoms with Crippen molar-refractivity contribution in [1.82, 2.24) is 10.3 Å². The van der Waals surface area contributed by atoms with Gasteiger partial charge in [0, 0.05) is 42.7 Å². The second kappa shape index (κ2) is 4.93. The van der Waals surface area contributed by atoms with Crippen molar-refractivity contribution in [3.8, 4) is 0 Å². The van der Waals surface area contributed by atoms with E-state index in [1.807, 2.05) is 13.8 Å². The van der Waals surface area contributed by atoms with Gasteiger partial charge >= 0.3 is 0 Å². The lowest BCUT2D eigenvalue weighted by atomic mass is 10.2. The zero-order valence-corrected chi connectivity index (χ0v) is 8.63. The number of aryl methyl sites for hydroxylation is 1. The standard InChI is InChI=1S/C10H17N3O/c1-7-3-10(14)9(5-12-7)6-13-8(2)4-11/h3,5,8,13H,4,6,11H2,1-2H3,(H,12,14)/t8-/m0/s1. The van der Waals surface area contributed by atoms with E-state index in [1.165, 1.54) is 0 Å². The Balaban J connectivity index is 2.64. The van der Waals surface area contributed by atoms with Crippen LogP contribution in [-0.2, 0) is 6.54 Å². The zero-order chi connectivity index (χ0) is 10.6. The molecule has 1 heterocycles. The number of aromatic amines is 1. The number of hydrogen-bond acceptors (Lipinski definition) is 3. The van der Waals surface area contributed by atoms with Gasteiger partial charge in [-0.25, -0.2) is 0 Å². The Labute approximate surface area is 83.5 Å². The van der Waals surface area contributed by atoms with E-state index in [1.54, 1.807) is 12.3 Å². The van der Waals surface area contributed by atoms with Crippen molar-refractivity contribution in [3.63, 3.8) is 0 Å². The van der Waals surface area contributed by atoms with Gasteiger partial charge < -0.3 is 16.0 Å². The number of aromatic nitrogens is 1. The van der Waals surface area contributed by atoms with Gasteiger partial charge in [0.2, 0.25) is 0 Å². The third kappa shape index (κ3) is 2.97. The molecule has 0 bridgehead atoms. The van der Waals surface area contributed by atoms with E-state index in [-0.39, 0.29) is 11.5 Å². The van der Waals surface area contributed by atoms with Crippen LogP contribution in [0, 0.1) is 6.92 Å². The largest absolute Gasteiger partial charge is 0.365 e. The Morgan fingerprint density at radius 1 is 1.64 bits per heavy atom. The minimum atomic E-state index is 0.0676. The second-order valence-electron chi connectivity index (χ2n) is 3.52. The molecule has 0 aliphatic carbocycles. The minimum Gasteiger partial charge on any atom is -0.365 e. The Bertz CT molecular complexity index is 345. The van der Waals surface area contributed by atoms with Gasteiger partial charge in [0.1, 0.15) is 0 Å². The van der Waals surface area contributed by atoms with Crippen LogP contribution in [-0.4, -0.2) is 17.6 Å². The van der Waals surface area contributed by atoms with Gasteiger partial charge in [-0.3, -0.25) is 4.79 Å². The lowest BCUT2D eigenvalue weighted by Crippen LogP contribution is -2.34. The normalized spacial score (nSPS) is 12.8. The van der Waals surface area contributed by atoms with Gasteiger partial charge in [-0.2, -0.15) is 0 Å². The van der Waals surface area contributed by atoms with Crippen molar-refractivity contribution in [1.29, 1.82) is 0 Å². The summed E-state index contributed by atoms with van der Waals surface area (Å²) in [6, 6.07) is 1.83. The number of hydrogen-bond donors (Lipinski definition) is 3. The van der Waals surface area contributed by atoms with Crippen molar-refractivity contribution in [2.45, 2.75) is 26.4 Å². The molecule has 0 saturated carbocycles. The molecule has 1 aromatic rings.